The normalized spacial score (nSPS) is 15.3. The summed E-state index contributed by atoms with van der Waals surface area (Å²) in [6, 6.07) is 16.2. The summed E-state index contributed by atoms with van der Waals surface area (Å²) in [7, 11) is 1.69. The van der Waals surface area contributed by atoms with Crippen molar-refractivity contribution in [3.63, 3.8) is 0 Å². The van der Waals surface area contributed by atoms with Gasteiger partial charge in [0.25, 0.3) is 5.91 Å². The molecule has 1 aromatic heterocycles. The number of carbonyl (C=O) groups is 1. The first-order valence-electron chi connectivity index (χ1n) is 11.7. The molecule has 0 bridgehead atoms. The van der Waals surface area contributed by atoms with Gasteiger partial charge in [-0.2, -0.15) is 13.2 Å². The van der Waals surface area contributed by atoms with Crippen molar-refractivity contribution in [2.24, 2.45) is 0 Å². The van der Waals surface area contributed by atoms with Gasteiger partial charge in [-0.15, -0.1) is 0 Å². The first kappa shape index (κ1) is 25.0. The molecule has 2 aromatic carbocycles. The zero-order chi connectivity index (χ0) is 24.8. The maximum absolute atomic E-state index is 13.3. The van der Waals surface area contributed by atoms with Crippen molar-refractivity contribution in [2.45, 2.75) is 31.6 Å². The Morgan fingerprint density at radius 1 is 1.03 bits per heavy atom. The number of carbonyl (C=O) groups excluding carboxylic acids is 1. The van der Waals surface area contributed by atoms with Gasteiger partial charge in [-0.3, -0.25) is 4.79 Å². The largest absolute Gasteiger partial charge is 0.459 e. The number of amides is 1. The lowest BCUT2D eigenvalue weighted by atomic mass is 10.00. The third-order valence-corrected chi connectivity index (χ3v) is 6.45. The predicted octanol–water partition coefficient (Wildman–Crippen LogP) is 5.72. The topological polar surface area (TPSA) is 45.9 Å². The maximum Gasteiger partial charge on any atom is 0.416 e. The molecule has 0 spiro atoms. The average Bonchev–Trinajstić information content (AvgIpc) is 3.41. The zero-order valence-corrected chi connectivity index (χ0v) is 19.6. The molecule has 0 atom stereocenters. The number of methoxy groups -OCH3 is 1. The van der Waals surface area contributed by atoms with Crippen molar-refractivity contribution in [3.8, 4) is 11.1 Å². The van der Waals surface area contributed by atoms with Crippen molar-refractivity contribution < 1.29 is 27.1 Å². The van der Waals surface area contributed by atoms with E-state index >= 15 is 0 Å². The van der Waals surface area contributed by atoms with Crippen LogP contribution in [0.15, 0.2) is 71.3 Å². The van der Waals surface area contributed by atoms with Crippen molar-refractivity contribution in [2.75, 3.05) is 33.4 Å². The summed E-state index contributed by atoms with van der Waals surface area (Å²) in [5.74, 6) is 0.172. The first-order chi connectivity index (χ1) is 16.8. The van der Waals surface area contributed by atoms with Gasteiger partial charge in [-0.25, -0.2) is 0 Å². The standard InChI is InChI=1S/C27H29F3N2O3/c1-34-18-16-31-14-12-24(13-15-31)32(26(33)25-3-2-17-35-25)19-20-4-6-21(7-5-20)22-8-10-23(11-9-22)27(28,29)30/h2-11,17,24H,12-16,18-19H2,1H3. The monoisotopic (exact) mass is 486 g/mol. The lowest BCUT2D eigenvalue weighted by Gasteiger charge is -2.38. The van der Waals surface area contributed by atoms with E-state index in [2.05, 4.69) is 4.90 Å². The van der Waals surface area contributed by atoms with E-state index < -0.39 is 11.7 Å². The molecule has 4 rings (SSSR count). The van der Waals surface area contributed by atoms with Gasteiger partial charge < -0.3 is 19.0 Å². The quantitative estimate of drug-likeness (QED) is 0.409. The Labute approximate surface area is 203 Å². The van der Waals surface area contributed by atoms with Crippen LogP contribution in [0.4, 0.5) is 13.2 Å². The average molecular weight is 487 g/mol. The minimum Gasteiger partial charge on any atom is -0.459 e. The van der Waals surface area contributed by atoms with E-state index in [1.54, 1.807) is 19.2 Å². The number of ether oxygens (including phenoxy) is 1. The number of rotatable bonds is 8. The fourth-order valence-corrected chi connectivity index (χ4v) is 4.43. The molecular weight excluding hydrogens is 457 g/mol. The molecule has 1 amide bonds. The maximum atomic E-state index is 13.3. The smallest absolute Gasteiger partial charge is 0.416 e. The predicted molar refractivity (Wildman–Crippen MR) is 127 cm³/mol. The lowest BCUT2D eigenvalue weighted by Crippen LogP contribution is -2.47. The highest BCUT2D eigenvalue weighted by atomic mass is 19.4. The highest BCUT2D eigenvalue weighted by molar-refractivity contribution is 5.91. The molecule has 0 N–H and O–H groups in total. The van der Waals surface area contributed by atoms with E-state index in [0.29, 0.717) is 24.5 Å². The molecular formula is C27H29F3N2O3. The highest BCUT2D eigenvalue weighted by Gasteiger charge is 2.31. The molecule has 5 nitrogen and oxygen atoms in total. The van der Waals surface area contributed by atoms with Gasteiger partial charge >= 0.3 is 6.18 Å². The molecule has 3 aromatic rings. The van der Waals surface area contributed by atoms with Gasteiger partial charge in [0.05, 0.1) is 18.4 Å². The SMILES string of the molecule is COCCN1CCC(N(Cc2ccc(-c3ccc(C(F)(F)F)cc3)cc2)C(=O)c2ccco2)CC1. The van der Waals surface area contributed by atoms with Crippen LogP contribution < -0.4 is 0 Å². The molecule has 186 valence electrons. The number of alkyl halides is 3. The summed E-state index contributed by atoms with van der Waals surface area (Å²) in [4.78, 5) is 17.5. The molecule has 0 radical (unpaired) electrons. The summed E-state index contributed by atoms with van der Waals surface area (Å²) in [5, 5.41) is 0. The Kier molecular flexibility index (Phi) is 7.93. The molecule has 35 heavy (non-hydrogen) atoms. The van der Waals surface area contributed by atoms with Crippen molar-refractivity contribution >= 4 is 5.91 Å². The molecule has 1 fully saturated rings. The second-order valence-corrected chi connectivity index (χ2v) is 8.75. The van der Waals surface area contributed by atoms with E-state index in [4.69, 9.17) is 9.15 Å². The highest BCUT2D eigenvalue weighted by Crippen LogP contribution is 2.31. The summed E-state index contributed by atoms with van der Waals surface area (Å²) < 4.78 is 49.1. The van der Waals surface area contributed by atoms with Crippen molar-refractivity contribution in [1.82, 2.24) is 9.80 Å². The summed E-state index contributed by atoms with van der Waals surface area (Å²) in [6.45, 7) is 3.77. The number of furan rings is 1. The summed E-state index contributed by atoms with van der Waals surface area (Å²) >= 11 is 0. The second-order valence-electron chi connectivity index (χ2n) is 8.75. The fourth-order valence-electron chi connectivity index (χ4n) is 4.43. The third kappa shape index (κ3) is 6.32. The summed E-state index contributed by atoms with van der Waals surface area (Å²) in [5.41, 5.74) is 1.80. The van der Waals surface area contributed by atoms with E-state index in [9.17, 15) is 18.0 Å². The molecule has 1 saturated heterocycles. The number of benzene rings is 2. The van der Waals surface area contributed by atoms with E-state index in [0.717, 1.165) is 55.7 Å². The van der Waals surface area contributed by atoms with Crippen LogP contribution in [0.5, 0.6) is 0 Å². The van der Waals surface area contributed by atoms with Crippen LogP contribution in [-0.2, 0) is 17.5 Å². The number of nitrogens with zero attached hydrogens (tertiary/aromatic N) is 2. The van der Waals surface area contributed by atoms with Gasteiger partial charge in [0, 0.05) is 39.3 Å². The Morgan fingerprint density at radius 2 is 1.66 bits per heavy atom. The Balaban J connectivity index is 1.47. The molecule has 0 aliphatic carbocycles. The van der Waals surface area contributed by atoms with E-state index in [1.807, 2.05) is 29.2 Å². The molecule has 1 aliphatic rings. The fraction of sp³-hybridized carbons (Fsp3) is 0.370. The van der Waals surface area contributed by atoms with Crippen LogP contribution in [0.1, 0.15) is 34.5 Å². The van der Waals surface area contributed by atoms with Crippen molar-refractivity contribution in [1.29, 1.82) is 0 Å². The van der Waals surface area contributed by atoms with Gasteiger partial charge in [0.15, 0.2) is 5.76 Å². The van der Waals surface area contributed by atoms with E-state index in [-0.39, 0.29) is 11.9 Å². The minimum atomic E-state index is -4.35. The zero-order valence-electron chi connectivity index (χ0n) is 19.6. The molecule has 2 heterocycles. The van der Waals surface area contributed by atoms with Crippen LogP contribution in [-0.4, -0.2) is 55.1 Å². The molecule has 8 heteroatoms. The van der Waals surface area contributed by atoms with Crippen molar-refractivity contribution in [3.05, 3.63) is 83.8 Å². The molecule has 0 unspecified atom stereocenters. The van der Waals surface area contributed by atoms with Gasteiger partial charge in [0.2, 0.25) is 0 Å². The van der Waals surface area contributed by atoms with Crippen LogP contribution in [0.3, 0.4) is 0 Å². The van der Waals surface area contributed by atoms with Gasteiger partial charge in [-0.1, -0.05) is 36.4 Å². The number of halogens is 3. The minimum absolute atomic E-state index is 0.0842. The third-order valence-electron chi connectivity index (χ3n) is 6.45. The van der Waals surface area contributed by atoms with Crippen LogP contribution in [0, 0.1) is 0 Å². The number of likely N-dealkylation sites (tertiary alicyclic amines) is 1. The second kappa shape index (κ2) is 11.1. The lowest BCUT2D eigenvalue weighted by molar-refractivity contribution is -0.137. The number of hydrogen-bond acceptors (Lipinski definition) is 4. The van der Waals surface area contributed by atoms with Crippen LogP contribution in [0.2, 0.25) is 0 Å². The van der Waals surface area contributed by atoms with Crippen LogP contribution in [0.25, 0.3) is 11.1 Å². The Morgan fingerprint density at radius 3 is 2.20 bits per heavy atom. The van der Waals surface area contributed by atoms with Gasteiger partial charge in [0.1, 0.15) is 0 Å². The summed E-state index contributed by atoms with van der Waals surface area (Å²) in [6.07, 6.45) is -1.14. The van der Waals surface area contributed by atoms with Gasteiger partial charge in [-0.05, 0) is 53.8 Å². The number of piperidine rings is 1. The first-order valence-corrected chi connectivity index (χ1v) is 11.7. The Hall–Kier alpha value is -3.10. The Bertz CT molecular complexity index is 1070. The molecule has 0 saturated carbocycles. The van der Waals surface area contributed by atoms with Crippen LogP contribution >= 0.6 is 0 Å². The molecule has 1 aliphatic heterocycles. The van der Waals surface area contributed by atoms with E-state index in [1.165, 1.54) is 18.4 Å². The number of hydrogen-bond donors (Lipinski definition) is 0.